The van der Waals surface area contributed by atoms with Gasteiger partial charge >= 0.3 is 5.97 Å². The first kappa shape index (κ1) is 12.7. The molecule has 1 aliphatic rings. The number of carbonyl (C=O) groups is 2. The van der Waals surface area contributed by atoms with E-state index in [1.54, 1.807) is 0 Å². The number of hydrogen-bond donors (Lipinski definition) is 2. The Morgan fingerprint density at radius 1 is 1.33 bits per heavy atom. The summed E-state index contributed by atoms with van der Waals surface area (Å²) >= 11 is 2.99. The topological polar surface area (TPSA) is 69.6 Å². The maximum atomic E-state index is 11.3. The summed E-state index contributed by atoms with van der Waals surface area (Å²) < 4.78 is 0. The van der Waals surface area contributed by atoms with Crippen LogP contribution in [-0.2, 0) is 9.59 Å². The number of hydrazine groups is 1. The molecule has 1 amide bonds. The van der Waals surface area contributed by atoms with Crippen LogP contribution in [0.15, 0.2) is 0 Å². The second-order valence-corrected chi connectivity index (χ2v) is 5.23. The minimum Gasteiger partial charge on any atom is -0.481 e. The zero-order chi connectivity index (χ0) is 11.1. The molecule has 0 saturated carbocycles. The molecule has 0 unspecified atom stereocenters. The molecule has 0 aliphatic carbocycles. The van der Waals surface area contributed by atoms with E-state index < -0.39 is 5.97 Å². The molecule has 0 bridgehead atoms. The molecular weight excluding hydrogens is 236 g/mol. The molecule has 0 atom stereocenters. The number of amides is 1. The van der Waals surface area contributed by atoms with Crippen molar-refractivity contribution in [3.8, 4) is 0 Å². The predicted molar refractivity (Wildman–Crippen MR) is 62.0 cm³/mol. The molecule has 15 heavy (non-hydrogen) atoms. The van der Waals surface area contributed by atoms with Crippen molar-refractivity contribution in [1.29, 1.82) is 0 Å². The molecule has 5 nitrogen and oxygen atoms in total. The Balaban J connectivity index is 2.09. The highest BCUT2D eigenvalue weighted by Crippen LogP contribution is 2.07. The molecular formula is C8H14N2O3S2. The fraction of sp³-hybridized carbons (Fsp3) is 0.750. The third kappa shape index (κ3) is 5.91. The Labute approximate surface area is 96.9 Å². The first-order valence-corrected chi connectivity index (χ1v) is 6.91. The molecule has 7 heteroatoms. The fourth-order valence-electron chi connectivity index (χ4n) is 1.11. The number of nitrogens with zero attached hydrogens (tertiary/aromatic N) is 1. The minimum atomic E-state index is -0.887. The Bertz CT molecular complexity index is 232. The monoisotopic (exact) mass is 250 g/mol. The Morgan fingerprint density at radius 2 is 2.00 bits per heavy atom. The second kappa shape index (κ2) is 6.97. The van der Waals surface area contributed by atoms with Crippen LogP contribution in [-0.4, -0.2) is 58.1 Å². The second-order valence-electron chi connectivity index (χ2n) is 3.02. The van der Waals surface area contributed by atoms with Gasteiger partial charge in [0.05, 0.1) is 11.5 Å². The molecule has 1 saturated heterocycles. The Morgan fingerprint density at radius 3 is 2.60 bits per heavy atom. The molecule has 0 aromatic rings. The largest absolute Gasteiger partial charge is 0.481 e. The SMILES string of the molecule is O=C(O)CSCC(=O)NN1CCSCC1. The number of aliphatic carboxylic acids is 1. The van der Waals surface area contributed by atoms with Crippen LogP contribution >= 0.6 is 23.5 Å². The third-order valence-electron chi connectivity index (χ3n) is 1.75. The summed E-state index contributed by atoms with van der Waals surface area (Å²) in [5.41, 5.74) is 2.76. The average Bonchev–Trinajstić information content (AvgIpc) is 2.18. The highest BCUT2D eigenvalue weighted by atomic mass is 32.2. The lowest BCUT2D eigenvalue weighted by Crippen LogP contribution is -2.47. The number of rotatable bonds is 5. The molecule has 0 spiro atoms. The molecule has 1 fully saturated rings. The molecule has 2 N–H and O–H groups in total. The van der Waals surface area contributed by atoms with Crippen molar-refractivity contribution >= 4 is 35.4 Å². The van der Waals surface area contributed by atoms with Gasteiger partial charge in [0, 0.05) is 24.6 Å². The van der Waals surface area contributed by atoms with E-state index in [0.29, 0.717) is 0 Å². The Hall–Kier alpha value is -0.400. The molecule has 86 valence electrons. The first-order valence-electron chi connectivity index (χ1n) is 4.60. The smallest absolute Gasteiger partial charge is 0.313 e. The molecule has 0 aromatic heterocycles. The van der Waals surface area contributed by atoms with Gasteiger partial charge in [-0.2, -0.15) is 11.8 Å². The van der Waals surface area contributed by atoms with Gasteiger partial charge in [-0.05, 0) is 0 Å². The van der Waals surface area contributed by atoms with Gasteiger partial charge in [-0.3, -0.25) is 15.0 Å². The number of hydrogen-bond acceptors (Lipinski definition) is 5. The lowest BCUT2D eigenvalue weighted by Gasteiger charge is -2.26. The van der Waals surface area contributed by atoms with Gasteiger partial charge in [0.1, 0.15) is 0 Å². The summed E-state index contributed by atoms with van der Waals surface area (Å²) in [6, 6.07) is 0. The summed E-state index contributed by atoms with van der Waals surface area (Å²) in [6.07, 6.45) is 0. The first-order chi connectivity index (χ1) is 7.18. The third-order valence-corrected chi connectivity index (χ3v) is 3.61. The van der Waals surface area contributed by atoms with Crippen LogP contribution in [0.2, 0.25) is 0 Å². The van der Waals surface area contributed by atoms with E-state index in [2.05, 4.69) is 5.43 Å². The number of carboxylic acid groups (broad SMARTS) is 1. The summed E-state index contributed by atoms with van der Waals surface area (Å²) in [7, 11) is 0. The van der Waals surface area contributed by atoms with Crippen LogP contribution in [0.5, 0.6) is 0 Å². The van der Waals surface area contributed by atoms with E-state index in [1.807, 2.05) is 16.8 Å². The lowest BCUT2D eigenvalue weighted by atomic mass is 10.6. The summed E-state index contributed by atoms with van der Waals surface area (Å²) in [6.45, 7) is 1.72. The van der Waals surface area contributed by atoms with Gasteiger partial charge in [0.25, 0.3) is 0 Å². The van der Waals surface area contributed by atoms with Crippen LogP contribution < -0.4 is 5.43 Å². The summed E-state index contributed by atoms with van der Waals surface area (Å²) in [5, 5.41) is 10.3. The van der Waals surface area contributed by atoms with Gasteiger partial charge in [-0.15, -0.1) is 11.8 Å². The zero-order valence-corrected chi connectivity index (χ0v) is 9.90. The van der Waals surface area contributed by atoms with E-state index in [1.165, 1.54) is 0 Å². The van der Waals surface area contributed by atoms with Crippen LogP contribution in [0.3, 0.4) is 0 Å². The van der Waals surface area contributed by atoms with Gasteiger partial charge in [0.15, 0.2) is 0 Å². The van der Waals surface area contributed by atoms with Crippen molar-refractivity contribution in [2.75, 3.05) is 36.1 Å². The van der Waals surface area contributed by atoms with Crippen LogP contribution in [0.4, 0.5) is 0 Å². The van der Waals surface area contributed by atoms with Crippen LogP contribution in [0.25, 0.3) is 0 Å². The van der Waals surface area contributed by atoms with E-state index in [9.17, 15) is 9.59 Å². The number of carbonyl (C=O) groups excluding carboxylic acids is 1. The van der Waals surface area contributed by atoms with Gasteiger partial charge in [-0.1, -0.05) is 0 Å². The number of carboxylic acids is 1. The van der Waals surface area contributed by atoms with Gasteiger partial charge in [0.2, 0.25) is 5.91 Å². The molecule has 1 rings (SSSR count). The quantitative estimate of drug-likeness (QED) is 0.709. The summed E-state index contributed by atoms with van der Waals surface area (Å²) in [4.78, 5) is 21.5. The van der Waals surface area contributed by atoms with Gasteiger partial charge < -0.3 is 5.11 Å². The highest BCUT2D eigenvalue weighted by molar-refractivity contribution is 8.00. The maximum Gasteiger partial charge on any atom is 0.313 e. The standard InChI is InChI=1S/C8H14N2O3S2/c11-7(5-15-6-8(12)13)9-10-1-3-14-4-2-10/h1-6H2,(H,9,11)(H,12,13). The van der Waals surface area contributed by atoms with E-state index in [0.717, 1.165) is 36.4 Å². The highest BCUT2D eigenvalue weighted by Gasteiger charge is 2.12. The maximum absolute atomic E-state index is 11.3. The molecule has 1 aliphatic heterocycles. The van der Waals surface area contributed by atoms with Crippen molar-refractivity contribution in [3.05, 3.63) is 0 Å². The van der Waals surface area contributed by atoms with Crippen molar-refractivity contribution in [2.24, 2.45) is 0 Å². The minimum absolute atomic E-state index is 0.0245. The number of nitrogens with one attached hydrogen (secondary N) is 1. The average molecular weight is 250 g/mol. The van der Waals surface area contributed by atoms with Crippen molar-refractivity contribution in [2.45, 2.75) is 0 Å². The molecule has 0 aromatic carbocycles. The van der Waals surface area contributed by atoms with Gasteiger partial charge in [-0.25, -0.2) is 5.01 Å². The molecule has 1 heterocycles. The molecule has 0 radical (unpaired) electrons. The normalized spacial score (nSPS) is 17.3. The predicted octanol–water partition coefficient (Wildman–Crippen LogP) is -0.116. The van der Waals surface area contributed by atoms with E-state index >= 15 is 0 Å². The van der Waals surface area contributed by atoms with E-state index in [4.69, 9.17) is 5.11 Å². The van der Waals surface area contributed by atoms with E-state index in [-0.39, 0.29) is 17.4 Å². The van der Waals surface area contributed by atoms with Crippen molar-refractivity contribution in [1.82, 2.24) is 10.4 Å². The fourth-order valence-corrected chi connectivity index (χ4v) is 2.54. The lowest BCUT2D eigenvalue weighted by molar-refractivity contribution is -0.133. The Kier molecular flexibility index (Phi) is 5.89. The summed E-state index contributed by atoms with van der Waals surface area (Å²) in [5.74, 6) is 1.24. The zero-order valence-electron chi connectivity index (χ0n) is 8.27. The van der Waals surface area contributed by atoms with Crippen LogP contribution in [0.1, 0.15) is 0 Å². The number of thioether (sulfide) groups is 2. The van der Waals surface area contributed by atoms with Crippen molar-refractivity contribution in [3.63, 3.8) is 0 Å². The van der Waals surface area contributed by atoms with Crippen molar-refractivity contribution < 1.29 is 14.7 Å². The van der Waals surface area contributed by atoms with Crippen LogP contribution in [0, 0.1) is 0 Å².